The molecule has 0 N–H and O–H groups in total. The van der Waals surface area contributed by atoms with Crippen molar-refractivity contribution in [3.8, 4) is 0 Å². The summed E-state index contributed by atoms with van der Waals surface area (Å²) in [6.07, 6.45) is 0.541. The number of aryl methyl sites for hydroxylation is 2. The molecule has 0 saturated carbocycles. The maximum atomic E-state index is 11.9. The average Bonchev–Trinajstić information content (AvgIpc) is 2.32. The summed E-state index contributed by atoms with van der Waals surface area (Å²) in [5, 5.41) is 0. The molecule has 1 fully saturated rings. The van der Waals surface area contributed by atoms with Crippen molar-refractivity contribution in [3.63, 3.8) is 0 Å². The number of morpholine rings is 1. The van der Waals surface area contributed by atoms with E-state index < -0.39 is 0 Å². The smallest absolute Gasteiger partial charge is 0.160 e. The first-order valence-electron chi connectivity index (χ1n) is 7.78. The fourth-order valence-corrected chi connectivity index (χ4v) is 3.65. The van der Waals surface area contributed by atoms with Crippen LogP contribution in [0.1, 0.15) is 53.4 Å². The van der Waals surface area contributed by atoms with E-state index in [2.05, 4.69) is 38.7 Å². The minimum Gasteiger partial charge on any atom is -0.373 e. The molecule has 2 rings (SSSR count). The van der Waals surface area contributed by atoms with Crippen LogP contribution >= 0.6 is 0 Å². The highest BCUT2D eigenvalue weighted by molar-refractivity contribution is 5.97. The molecule has 0 radical (unpaired) electrons. The highest BCUT2D eigenvalue weighted by Crippen LogP contribution is 2.25. The molecule has 1 aromatic rings. The minimum absolute atomic E-state index is 0.162. The molecule has 0 amide bonds. The van der Waals surface area contributed by atoms with E-state index in [9.17, 15) is 4.79 Å². The number of Topliss-reactive ketones (excluding diaryl/α,β-unsaturated/α-hetero) is 1. The highest BCUT2D eigenvalue weighted by atomic mass is 16.5. The Morgan fingerprint density at radius 3 is 2.29 bits per heavy atom. The maximum Gasteiger partial charge on any atom is 0.160 e. The van der Waals surface area contributed by atoms with Crippen molar-refractivity contribution in [3.05, 3.63) is 33.9 Å². The maximum absolute atomic E-state index is 11.9. The third kappa shape index (κ3) is 3.53. The van der Waals surface area contributed by atoms with Gasteiger partial charge in [-0.25, -0.2) is 0 Å². The van der Waals surface area contributed by atoms with Gasteiger partial charge in [0.25, 0.3) is 0 Å². The van der Waals surface area contributed by atoms with Crippen molar-refractivity contribution in [2.24, 2.45) is 0 Å². The first-order valence-corrected chi connectivity index (χ1v) is 7.78. The summed E-state index contributed by atoms with van der Waals surface area (Å²) in [6, 6.07) is 2.15. The van der Waals surface area contributed by atoms with Gasteiger partial charge in [0.15, 0.2) is 5.78 Å². The van der Waals surface area contributed by atoms with Crippen LogP contribution in [-0.2, 0) is 11.3 Å². The van der Waals surface area contributed by atoms with Crippen LogP contribution in [0.3, 0.4) is 0 Å². The van der Waals surface area contributed by atoms with E-state index in [1.54, 1.807) is 6.92 Å². The number of hydrogen-bond donors (Lipinski definition) is 0. The third-order valence-corrected chi connectivity index (χ3v) is 4.36. The van der Waals surface area contributed by atoms with Crippen LogP contribution in [0, 0.1) is 20.8 Å². The van der Waals surface area contributed by atoms with Gasteiger partial charge in [-0.3, -0.25) is 9.69 Å². The van der Waals surface area contributed by atoms with Crippen molar-refractivity contribution in [2.75, 3.05) is 13.1 Å². The zero-order valence-electron chi connectivity index (χ0n) is 14.1. The lowest BCUT2D eigenvalue weighted by Crippen LogP contribution is -2.45. The second-order valence-electron chi connectivity index (χ2n) is 6.50. The van der Waals surface area contributed by atoms with Crippen molar-refractivity contribution < 1.29 is 9.53 Å². The van der Waals surface area contributed by atoms with Gasteiger partial charge in [0.05, 0.1) is 12.2 Å². The molecule has 1 saturated heterocycles. The van der Waals surface area contributed by atoms with Crippen molar-refractivity contribution >= 4 is 5.78 Å². The SMILES string of the molecule is CC(=O)c1c(C)cc(C)c(CN2CC(C)OC(C)C2)c1C. The van der Waals surface area contributed by atoms with E-state index >= 15 is 0 Å². The Balaban J connectivity index is 2.31. The molecule has 0 aliphatic carbocycles. The summed E-state index contributed by atoms with van der Waals surface area (Å²) in [5.74, 6) is 0.162. The van der Waals surface area contributed by atoms with E-state index in [1.807, 2.05) is 6.92 Å². The predicted molar refractivity (Wildman–Crippen MR) is 85.9 cm³/mol. The number of hydrogen-bond acceptors (Lipinski definition) is 3. The van der Waals surface area contributed by atoms with Gasteiger partial charge >= 0.3 is 0 Å². The van der Waals surface area contributed by atoms with Gasteiger partial charge in [0, 0.05) is 25.2 Å². The monoisotopic (exact) mass is 289 g/mol. The second kappa shape index (κ2) is 6.29. The zero-order chi connectivity index (χ0) is 15.7. The van der Waals surface area contributed by atoms with Gasteiger partial charge in [0.1, 0.15) is 0 Å². The molecule has 3 nitrogen and oxygen atoms in total. The van der Waals surface area contributed by atoms with E-state index in [0.717, 1.165) is 36.3 Å². The lowest BCUT2D eigenvalue weighted by atomic mass is 9.91. The number of benzene rings is 1. The van der Waals surface area contributed by atoms with Crippen molar-refractivity contribution in [1.29, 1.82) is 0 Å². The fraction of sp³-hybridized carbons (Fsp3) is 0.611. The molecular weight excluding hydrogens is 262 g/mol. The molecule has 116 valence electrons. The van der Waals surface area contributed by atoms with Crippen molar-refractivity contribution in [1.82, 2.24) is 4.90 Å². The highest BCUT2D eigenvalue weighted by Gasteiger charge is 2.24. The Morgan fingerprint density at radius 1 is 1.19 bits per heavy atom. The topological polar surface area (TPSA) is 29.5 Å². The summed E-state index contributed by atoms with van der Waals surface area (Å²) >= 11 is 0. The molecule has 0 spiro atoms. The fourth-order valence-electron chi connectivity index (χ4n) is 3.65. The predicted octanol–water partition coefficient (Wildman–Crippen LogP) is 3.42. The largest absolute Gasteiger partial charge is 0.373 e. The molecule has 1 aromatic carbocycles. The Morgan fingerprint density at radius 2 is 1.76 bits per heavy atom. The van der Waals surface area contributed by atoms with E-state index in [4.69, 9.17) is 4.74 Å². The van der Waals surface area contributed by atoms with Gasteiger partial charge in [-0.15, -0.1) is 0 Å². The number of ether oxygens (including phenoxy) is 1. The number of carbonyl (C=O) groups is 1. The normalized spacial score (nSPS) is 23.3. The Bertz CT molecular complexity index is 541. The van der Waals surface area contributed by atoms with Crippen LogP contribution in [0.2, 0.25) is 0 Å². The summed E-state index contributed by atoms with van der Waals surface area (Å²) in [4.78, 5) is 14.4. The van der Waals surface area contributed by atoms with Gasteiger partial charge in [-0.05, 0) is 63.8 Å². The molecule has 1 aliphatic heterocycles. The molecule has 3 heteroatoms. The summed E-state index contributed by atoms with van der Waals surface area (Å²) in [6.45, 7) is 15.0. The average molecular weight is 289 g/mol. The van der Waals surface area contributed by atoms with Crippen LogP contribution in [-0.4, -0.2) is 36.0 Å². The summed E-state index contributed by atoms with van der Waals surface area (Å²) in [5.41, 5.74) is 5.70. The Hall–Kier alpha value is -1.19. The minimum atomic E-state index is 0.162. The molecule has 21 heavy (non-hydrogen) atoms. The molecule has 1 heterocycles. The summed E-state index contributed by atoms with van der Waals surface area (Å²) in [7, 11) is 0. The van der Waals surface area contributed by atoms with Gasteiger partial charge in [-0.2, -0.15) is 0 Å². The standard InChI is InChI=1S/C18H27NO2/c1-11-7-12(2)18(16(6)20)15(5)17(11)10-19-8-13(3)21-14(4)9-19/h7,13-14H,8-10H2,1-6H3. The number of rotatable bonds is 3. The quantitative estimate of drug-likeness (QED) is 0.799. The Kier molecular flexibility index (Phi) is 4.84. The van der Waals surface area contributed by atoms with E-state index in [0.29, 0.717) is 0 Å². The molecular formula is C18H27NO2. The molecule has 1 aliphatic rings. The molecule has 0 bridgehead atoms. The van der Waals surface area contributed by atoms with Crippen molar-refractivity contribution in [2.45, 2.75) is 60.3 Å². The van der Waals surface area contributed by atoms with E-state index in [1.165, 1.54) is 11.1 Å². The number of ketones is 1. The zero-order valence-corrected chi connectivity index (χ0v) is 14.1. The van der Waals surface area contributed by atoms with Crippen LogP contribution in [0.4, 0.5) is 0 Å². The molecule has 2 unspecified atom stereocenters. The van der Waals surface area contributed by atoms with Gasteiger partial charge in [-0.1, -0.05) is 6.07 Å². The van der Waals surface area contributed by atoms with Gasteiger partial charge < -0.3 is 4.74 Å². The van der Waals surface area contributed by atoms with Crippen LogP contribution in [0.25, 0.3) is 0 Å². The van der Waals surface area contributed by atoms with Gasteiger partial charge in [0.2, 0.25) is 0 Å². The molecule has 0 aromatic heterocycles. The first-order chi connectivity index (χ1) is 9.79. The third-order valence-electron chi connectivity index (χ3n) is 4.36. The van der Waals surface area contributed by atoms with Crippen LogP contribution in [0.15, 0.2) is 6.07 Å². The lowest BCUT2D eigenvalue weighted by molar-refractivity contribution is -0.0705. The Labute approximate surface area is 128 Å². The van der Waals surface area contributed by atoms with E-state index in [-0.39, 0.29) is 18.0 Å². The lowest BCUT2D eigenvalue weighted by Gasteiger charge is -2.36. The number of nitrogens with zero attached hydrogens (tertiary/aromatic N) is 1. The second-order valence-corrected chi connectivity index (χ2v) is 6.50. The first kappa shape index (κ1) is 16.2. The number of carbonyl (C=O) groups excluding carboxylic acids is 1. The van der Waals surface area contributed by atoms with Crippen LogP contribution in [0.5, 0.6) is 0 Å². The van der Waals surface area contributed by atoms with Crippen LogP contribution < -0.4 is 0 Å². The summed E-state index contributed by atoms with van der Waals surface area (Å²) < 4.78 is 5.80. The molecule has 2 atom stereocenters.